The second-order valence-electron chi connectivity index (χ2n) is 6.13. The molecule has 0 aromatic heterocycles. The number of carbonyl (C=O) groups excluding carboxylic acids is 3. The minimum atomic E-state index is -0.433. The van der Waals surface area contributed by atoms with Crippen molar-refractivity contribution in [3.8, 4) is 0 Å². The quantitative estimate of drug-likeness (QED) is 0.350. The van der Waals surface area contributed by atoms with Gasteiger partial charge in [-0.3, -0.25) is 9.59 Å². The molecule has 3 aromatic carbocycles. The van der Waals surface area contributed by atoms with Crippen LogP contribution in [0.5, 0.6) is 0 Å². The summed E-state index contributed by atoms with van der Waals surface area (Å²) in [6.45, 7) is 0. The number of esters is 1. The van der Waals surface area contributed by atoms with Crippen molar-refractivity contribution in [2.45, 2.75) is 4.90 Å². The number of methoxy groups -OCH3 is 1. The number of thioether (sulfide) groups is 1. The summed E-state index contributed by atoms with van der Waals surface area (Å²) in [6.07, 6.45) is 0. The van der Waals surface area contributed by atoms with Crippen LogP contribution in [0.1, 0.15) is 31.1 Å². The number of hydrogen-bond acceptors (Lipinski definition) is 5. The molecular formula is C23H19NO4S. The summed E-state index contributed by atoms with van der Waals surface area (Å²) in [4.78, 5) is 37.1. The first-order chi connectivity index (χ1) is 14.1. The lowest BCUT2D eigenvalue weighted by Crippen LogP contribution is -2.12. The van der Waals surface area contributed by atoms with E-state index in [1.54, 1.807) is 54.6 Å². The molecule has 0 radical (unpaired) electrons. The van der Waals surface area contributed by atoms with Crippen molar-refractivity contribution < 1.29 is 19.1 Å². The Hall–Kier alpha value is -3.38. The van der Waals surface area contributed by atoms with Crippen molar-refractivity contribution in [2.75, 3.05) is 18.2 Å². The van der Waals surface area contributed by atoms with E-state index in [0.29, 0.717) is 28.1 Å². The number of ether oxygens (including phenoxy) is 1. The first-order valence-electron chi connectivity index (χ1n) is 8.87. The van der Waals surface area contributed by atoms with Crippen molar-refractivity contribution in [1.82, 2.24) is 0 Å². The summed E-state index contributed by atoms with van der Waals surface area (Å²) in [6, 6.07) is 22.7. The zero-order valence-corrected chi connectivity index (χ0v) is 16.6. The van der Waals surface area contributed by atoms with Gasteiger partial charge in [0.15, 0.2) is 5.78 Å². The molecule has 3 rings (SSSR count). The largest absolute Gasteiger partial charge is 0.465 e. The first-order valence-corrected chi connectivity index (χ1v) is 9.86. The molecule has 0 unspecified atom stereocenters. The molecule has 3 aromatic rings. The lowest BCUT2D eigenvalue weighted by Gasteiger charge is -2.08. The molecule has 0 aliphatic carbocycles. The maximum Gasteiger partial charge on any atom is 0.337 e. The molecule has 0 spiro atoms. The fraction of sp³-hybridized carbons (Fsp3) is 0.0870. The van der Waals surface area contributed by atoms with Crippen LogP contribution in [0, 0.1) is 0 Å². The van der Waals surface area contributed by atoms with Gasteiger partial charge in [0, 0.05) is 21.7 Å². The third-order valence-corrected chi connectivity index (χ3v) is 5.12. The number of amides is 1. The molecule has 0 fully saturated rings. The number of anilines is 1. The van der Waals surface area contributed by atoms with Gasteiger partial charge in [0.25, 0.3) is 5.91 Å². The number of ketones is 1. The van der Waals surface area contributed by atoms with Gasteiger partial charge >= 0.3 is 5.97 Å². The van der Waals surface area contributed by atoms with Crippen LogP contribution in [0.4, 0.5) is 5.69 Å². The van der Waals surface area contributed by atoms with Crippen LogP contribution in [0.25, 0.3) is 0 Å². The average molecular weight is 405 g/mol. The van der Waals surface area contributed by atoms with Crippen LogP contribution in [0.2, 0.25) is 0 Å². The van der Waals surface area contributed by atoms with E-state index in [-0.39, 0.29) is 11.7 Å². The maximum atomic E-state index is 12.5. The van der Waals surface area contributed by atoms with Crippen molar-refractivity contribution >= 4 is 35.1 Å². The molecule has 0 heterocycles. The summed E-state index contributed by atoms with van der Waals surface area (Å²) in [7, 11) is 1.32. The van der Waals surface area contributed by atoms with Crippen molar-refractivity contribution in [1.29, 1.82) is 0 Å². The predicted molar refractivity (Wildman–Crippen MR) is 114 cm³/mol. The smallest absolute Gasteiger partial charge is 0.337 e. The Morgan fingerprint density at radius 3 is 2.21 bits per heavy atom. The summed E-state index contributed by atoms with van der Waals surface area (Å²) in [5.41, 5.74) is 2.13. The Morgan fingerprint density at radius 1 is 0.828 bits per heavy atom. The number of hydrogen-bond donors (Lipinski definition) is 1. The van der Waals surface area contributed by atoms with E-state index >= 15 is 0 Å². The normalized spacial score (nSPS) is 10.2. The molecular weight excluding hydrogens is 386 g/mol. The molecule has 1 amide bonds. The van der Waals surface area contributed by atoms with Crippen LogP contribution in [-0.4, -0.2) is 30.5 Å². The molecule has 0 aliphatic heterocycles. The fourth-order valence-electron chi connectivity index (χ4n) is 2.59. The number of Topliss-reactive ketones (excluding diaryl/α,β-unsaturated/α-hetero) is 1. The lowest BCUT2D eigenvalue weighted by molar-refractivity contribution is 0.0600. The third kappa shape index (κ3) is 5.56. The van der Waals surface area contributed by atoms with E-state index in [9.17, 15) is 14.4 Å². The van der Waals surface area contributed by atoms with Gasteiger partial charge < -0.3 is 10.1 Å². The molecule has 146 valence electrons. The van der Waals surface area contributed by atoms with Crippen molar-refractivity contribution in [3.05, 3.63) is 95.6 Å². The lowest BCUT2D eigenvalue weighted by atomic mass is 10.2. The molecule has 5 nitrogen and oxygen atoms in total. The zero-order chi connectivity index (χ0) is 20.6. The summed E-state index contributed by atoms with van der Waals surface area (Å²) in [5, 5.41) is 2.79. The molecule has 1 N–H and O–H groups in total. The minimum absolute atomic E-state index is 0.0381. The van der Waals surface area contributed by atoms with Gasteiger partial charge in [0.2, 0.25) is 0 Å². The number of benzene rings is 3. The van der Waals surface area contributed by atoms with E-state index in [4.69, 9.17) is 0 Å². The maximum absolute atomic E-state index is 12.5. The Labute approximate surface area is 173 Å². The molecule has 0 saturated heterocycles. The topological polar surface area (TPSA) is 72.5 Å². The fourth-order valence-corrected chi connectivity index (χ4v) is 3.44. The summed E-state index contributed by atoms with van der Waals surface area (Å²) < 4.78 is 4.66. The second kappa shape index (κ2) is 9.71. The van der Waals surface area contributed by atoms with Crippen molar-refractivity contribution in [3.63, 3.8) is 0 Å². The number of rotatable bonds is 7. The highest BCUT2D eigenvalue weighted by atomic mass is 32.2. The molecule has 29 heavy (non-hydrogen) atoms. The van der Waals surface area contributed by atoms with Gasteiger partial charge in [-0.2, -0.15) is 0 Å². The SMILES string of the molecule is COC(=O)c1ccc(NC(=O)c2cccc(SCC(=O)c3ccccc3)c2)cc1. The van der Waals surface area contributed by atoms with Gasteiger partial charge in [0.1, 0.15) is 0 Å². The predicted octanol–water partition coefficient (Wildman–Crippen LogP) is 4.70. The van der Waals surface area contributed by atoms with E-state index < -0.39 is 5.97 Å². The Bertz CT molecular complexity index is 1020. The molecule has 0 saturated carbocycles. The Morgan fingerprint density at radius 2 is 1.52 bits per heavy atom. The van der Waals surface area contributed by atoms with Crippen LogP contribution < -0.4 is 5.32 Å². The highest BCUT2D eigenvalue weighted by Crippen LogP contribution is 2.21. The van der Waals surface area contributed by atoms with Gasteiger partial charge in [-0.05, 0) is 42.5 Å². The van der Waals surface area contributed by atoms with E-state index in [2.05, 4.69) is 10.1 Å². The summed E-state index contributed by atoms with van der Waals surface area (Å²) in [5.74, 6) is -0.370. The summed E-state index contributed by atoms with van der Waals surface area (Å²) >= 11 is 1.39. The third-order valence-electron chi connectivity index (χ3n) is 4.13. The molecule has 0 bridgehead atoms. The van der Waals surface area contributed by atoms with Gasteiger partial charge in [-0.15, -0.1) is 11.8 Å². The number of nitrogens with one attached hydrogen (secondary N) is 1. The highest BCUT2D eigenvalue weighted by molar-refractivity contribution is 8.00. The second-order valence-corrected chi connectivity index (χ2v) is 7.18. The Kier molecular flexibility index (Phi) is 6.81. The molecule has 0 atom stereocenters. The average Bonchev–Trinajstić information content (AvgIpc) is 2.78. The zero-order valence-electron chi connectivity index (χ0n) is 15.8. The monoisotopic (exact) mass is 405 g/mol. The van der Waals surface area contributed by atoms with Gasteiger partial charge in [-0.1, -0.05) is 36.4 Å². The van der Waals surface area contributed by atoms with E-state index in [1.807, 2.05) is 24.3 Å². The van der Waals surface area contributed by atoms with Gasteiger partial charge in [-0.25, -0.2) is 4.79 Å². The Balaban J connectivity index is 1.62. The van der Waals surface area contributed by atoms with Crippen LogP contribution in [0.3, 0.4) is 0 Å². The molecule has 6 heteroatoms. The van der Waals surface area contributed by atoms with Gasteiger partial charge in [0.05, 0.1) is 18.4 Å². The number of carbonyl (C=O) groups is 3. The first kappa shape index (κ1) is 20.4. The van der Waals surface area contributed by atoms with Crippen LogP contribution in [0.15, 0.2) is 83.8 Å². The van der Waals surface area contributed by atoms with Crippen molar-refractivity contribution in [2.24, 2.45) is 0 Å². The van der Waals surface area contributed by atoms with E-state index in [0.717, 1.165) is 4.90 Å². The minimum Gasteiger partial charge on any atom is -0.465 e. The van der Waals surface area contributed by atoms with E-state index in [1.165, 1.54) is 18.9 Å². The van der Waals surface area contributed by atoms with Crippen LogP contribution >= 0.6 is 11.8 Å². The van der Waals surface area contributed by atoms with Crippen LogP contribution in [-0.2, 0) is 4.74 Å². The highest BCUT2D eigenvalue weighted by Gasteiger charge is 2.10. The standard InChI is InChI=1S/C23H19NO4S/c1-28-23(27)17-10-12-19(13-11-17)24-22(26)18-8-5-9-20(14-18)29-15-21(25)16-6-3-2-4-7-16/h2-14H,15H2,1H3,(H,24,26). The molecule has 0 aliphatic rings.